The number of rotatable bonds is 5. The average molecular weight is 408 g/mol. The summed E-state index contributed by atoms with van der Waals surface area (Å²) in [6.45, 7) is 32.5. The molecule has 0 aliphatic carbocycles. The molecule has 0 saturated heterocycles. The predicted molar refractivity (Wildman–Crippen MR) is 132 cm³/mol. The molecular weight excluding hydrogens is 354 g/mol. The molecule has 1 aliphatic rings. The molecule has 0 saturated carbocycles. The zero-order chi connectivity index (χ0) is 23.6. The van der Waals surface area contributed by atoms with Crippen molar-refractivity contribution in [3.05, 3.63) is 22.4 Å². The summed E-state index contributed by atoms with van der Waals surface area (Å²) in [4.78, 5) is 15.5. The van der Waals surface area contributed by atoms with Crippen molar-refractivity contribution < 1.29 is 4.79 Å². The molecule has 1 amide bonds. The Kier molecular flexibility index (Phi) is 14.6. The lowest BCUT2D eigenvalue weighted by molar-refractivity contribution is -0.127. The molecule has 172 valence electrons. The summed E-state index contributed by atoms with van der Waals surface area (Å²) in [6, 6.07) is 0.189. The van der Waals surface area contributed by atoms with Crippen LogP contribution in [0.1, 0.15) is 110 Å². The van der Waals surface area contributed by atoms with Crippen LogP contribution in [-0.2, 0) is 4.79 Å². The molecule has 0 aromatic carbocycles. The Morgan fingerprint density at radius 2 is 1.00 bits per heavy atom. The fourth-order valence-electron chi connectivity index (χ4n) is 3.72. The molecule has 1 aliphatic heterocycles. The first-order chi connectivity index (χ1) is 13.2. The molecule has 0 bridgehead atoms. The molecule has 0 aromatic rings. The van der Waals surface area contributed by atoms with Gasteiger partial charge in [0.25, 0.3) is 5.91 Å². The minimum atomic E-state index is 0.189. The summed E-state index contributed by atoms with van der Waals surface area (Å²) in [5.41, 5.74) is 5.09. The van der Waals surface area contributed by atoms with Gasteiger partial charge in [0.1, 0.15) is 0 Å². The highest BCUT2D eigenvalue weighted by atomic mass is 16.2. The lowest BCUT2D eigenvalue weighted by Crippen LogP contribution is -2.40. The Labute approximate surface area is 184 Å². The summed E-state index contributed by atoms with van der Waals surface area (Å²) in [5, 5.41) is 0. The standard InChI is InChI=1S/C21H37NO.C4H10.C2H6/c1-12(2)17-11-18(13(3)4)20(15(7)8)22(16(9)10)21(23)19(17)14(5)6;1-4(2)3;1-2/h12-16H,11H2,1-10H3;4H,1-3H3;1-2H3. The summed E-state index contributed by atoms with van der Waals surface area (Å²) in [5.74, 6) is 2.56. The van der Waals surface area contributed by atoms with Crippen LogP contribution in [0.3, 0.4) is 0 Å². The van der Waals surface area contributed by atoms with E-state index in [9.17, 15) is 4.79 Å². The maximum atomic E-state index is 13.5. The van der Waals surface area contributed by atoms with Crippen LogP contribution in [0.2, 0.25) is 0 Å². The molecule has 0 fully saturated rings. The molecule has 1 heterocycles. The Balaban J connectivity index is 0. The quantitative estimate of drug-likeness (QED) is 0.447. The van der Waals surface area contributed by atoms with Gasteiger partial charge in [-0.05, 0) is 55.4 Å². The van der Waals surface area contributed by atoms with Crippen molar-refractivity contribution in [3.8, 4) is 0 Å². The van der Waals surface area contributed by atoms with Crippen LogP contribution in [0.4, 0.5) is 0 Å². The maximum absolute atomic E-state index is 13.5. The molecule has 0 radical (unpaired) electrons. The lowest BCUT2D eigenvalue weighted by Gasteiger charge is -2.34. The second-order valence-electron chi connectivity index (χ2n) is 10.1. The molecule has 29 heavy (non-hydrogen) atoms. The molecule has 0 atom stereocenters. The zero-order valence-electron chi connectivity index (χ0n) is 22.5. The van der Waals surface area contributed by atoms with E-state index in [0.29, 0.717) is 17.8 Å². The minimum Gasteiger partial charge on any atom is -0.310 e. The Morgan fingerprint density at radius 1 is 0.621 bits per heavy atom. The van der Waals surface area contributed by atoms with Crippen molar-refractivity contribution in [3.63, 3.8) is 0 Å². The van der Waals surface area contributed by atoms with Crippen molar-refractivity contribution in [2.24, 2.45) is 29.6 Å². The van der Waals surface area contributed by atoms with Gasteiger partial charge in [-0.2, -0.15) is 0 Å². The third-order valence-electron chi connectivity index (χ3n) is 4.80. The van der Waals surface area contributed by atoms with E-state index in [1.165, 1.54) is 16.8 Å². The van der Waals surface area contributed by atoms with E-state index in [4.69, 9.17) is 0 Å². The highest BCUT2D eigenvalue weighted by Gasteiger charge is 2.35. The maximum Gasteiger partial charge on any atom is 0.254 e. The number of allylic oxidation sites excluding steroid dienone is 3. The van der Waals surface area contributed by atoms with Crippen LogP contribution in [-0.4, -0.2) is 16.8 Å². The van der Waals surface area contributed by atoms with Crippen LogP contribution in [0.25, 0.3) is 0 Å². The van der Waals surface area contributed by atoms with E-state index in [2.05, 4.69) is 94.9 Å². The fraction of sp³-hybridized carbons (Fsp3) is 0.815. The minimum absolute atomic E-state index is 0.189. The Hall–Kier alpha value is -1.05. The van der Waals surface area contributed by atoms with Crippen LogP contribution >= 0.6 is 0 Å². The lowest BCUT2D eigenvalue weighted by atomic mass is 9.83. The summed E-state index contributed by atoms with van der Waals surface area (Å²) in [7, 11) is 0. The predicted octanol–water partition coefficient (Wildman–Crippen LogP) is 8.49. The second kappa shape index (κ2) is 14.0. The van der Waals surface area contributed by atoms with E-state index in [1.807, 2.05) is 13.8 Å². The van der Waals surface area contributed by atoms with Gasteiger partial charge in [-0.3, -0.25) is 4.79 Å². The molecule has 0 unspecified atom stereocenters. The molecular formula is C27H53NO. The molecule has 0 aromatic heterocycles. The zero-order valence-corrected chi connectivity index (χ0v) is 22.5. The largest absolute Gasteiger partial charge is 0.310 e. The van der Waals surface area contributed by atoms with E-state index >= 15 is 0 Å². The average Bonchev–Trinajstić information content (AvgIpc) is 2.70. The third kappa shape index (κ3) is 9.09. The van der Waals surface area contributed by atoms with E-state index in [1.54, 1.807) is 0 Å². The van der Waals surface area contributed by atoms with Gasteiger partial charge in [-0.15, -0.1) is 0 Å². The fourth-order valence-corrected chi connectivity index (χ4v) is 3.72. The number of hydrogen-bond donors (Lipinski definition) is 0. The van der Waals surface area contributed by atoms with Gasteiger partial charge in [0, 0.05) is 17.3 Å². The highest BCUT2D eigenvalue weighted by molar-refractivity contribution is 5.96. The van der Waals surface area contributed by atoms with Gasteiger partial charge in [-0.25, -0.2) is 0 Å². The highest BCUT2D eigenvalue weighted by Crippen LogP contribution is 2.39. The molecule has 1 rings (SSSR count). The molecule has 0 N–H and O–H groups in total. The third-order valence-corrected chi connectivity index (χ3v) is 4.80. The van der Waals surface area contributed by atoms with Gasteiger partial charge in [0.2, 0.25) is 0 Å². The first-order valence-corrected chi connectivity index (χ1v) is 12.0. The van der Waals surface area contributed by atoms with Crippen molar-refractivity contribution in [1.29, 1.82) is 0 Å². The first-order valence-electron chi connectivity index (χ1n) is 12.0. The number of hydrogen-bond acceptors (Lipinski definition) is 1. The number of carbonyl (C=O) groups excluding carboxylic acids is 1. The van der Waals surface area contributed by atoms with Crippen molar-refractivity contribution in [2.75, 3.05) is 0 Å². The van der Waals surface area contributed by atoms with E-state index in [0.717, 1.165) is 17.9 Å². The van der Waals surface area contributed by atoms with Crippen molar-refractivity contribution >= 4 is 5.91 Å². The SMILES string of the molecule is CC.CC(C)C.CC(C)C1=C(C(C)C)C(=O)N(C(C)C)C(C(C)C)=C(C(C)C)C1. The van der Waals surface area contributed by atoms with E-state index in [-0.39, 0.29) is 17.9 Å². The van der Waals surface area contributed by atoms with Gasteiger partial charge >= 0.3 is 0 Å². The summed E-state index contributed by atoms with van der Waals surface area (Å²) < 4.78 is 0. The topological polar surface area (TPSA) is 20.3 Å². The number of carbonyl (C=O) groups is 1. The smallest absolute Gasteiger partial charge is 0.254 e. The van der Waals surface area contributed by atoms with Crippen LogP contribution in [0.5, 0.6) is 0 Å². The Morgan fingerprint density at radius 3 is 1.24 bits per heavy atom. The van der Waals surface area contributed by atoms with Crippen LogP contribution < -0.4 is 0 Å². The second-order valence-corrected chi connectivity index (χ2v) is 10.1. The summed E-state index contributed by atoms with van der Waals surface area (Å²) >= 11 is 0. The molecule has 0 spiro atoms. The molecule has 2 heteroatoms. The van der Waals surface area contributed by atoms with Gasteiger partial charge in [-0.1, -0.05) is 95.6 Å². The van der Waals surface area contributed by atoms with Gasteiger partial charge in [0.05, 0.1) is 0 Å². The normalized spacial score (nSPS) is 15.5. The monoisotopic (exact) mass is 407 g/mol. The van der Waals surface area contributed by atoms with Crippen molar-refractivity contribution in [2.45, 2.75) is 116 Å². The van der Waals surface area contributed by atoms with Crippen molar-refractivity contribution in [1.82, 2.24) is 4.90 Å². The van der Waals surface area contributed by atoms with Gasteiger partial charge in [0.15, 0.2) is 0 Å². The van der Waals surface area contributed by atoms with Crippen LogP contribution in [0.15, 0.2) is 22.4 Å². The molecule has 2 nitrogen and oxygen atoms in total. The van der Waals surface area contributed by atoms with E-state index < -0.39 is 0 Å². The number of nitrogens with zero attached hydrogens (tertiary/aromatic N) is 1. The summed E-state index contributed by atoms with van der Waals surface area (Å²) in [6.07, 6.45) is 0.950. The van der Waals surface area contributed by atoms with Crippen LogP contribution in [0, 0.1) is 29.6 Å². The first kappa shape index (κ1) is 30.1. The number of amides is 1. The van der Waals surface area contributed by atoms with Gasteiger partial charge < -0.3 is 4.90 Å². The Bertz CT molecular complexity index is 542.